The highest BCUT2D eigenvalue weighted by molar-refractivity contribution is 5.98. The summed E-state index contributed by atoms with van der Waals surface area (Å²) in [6.45, 7) is 9.66. The van der Waals surface area contributed by atoms with Crippen molar-refractivity contribution in [2.45, 2.75) is 65.7 Å². The molecule has 0 spiro atoms. The summed E-state index contributed by atoms with van der Waals surface area (Å²) in [6.07, 6.45) is -1.12. The van der Waals surface area contributed by atoms with Gasteiger partial charge in [-0.05, 0) is 70.9 Å². The van der Waals surface area contributed by atoms with E-state index in [2.05, 4.69) is 4.74 Å². The maximum Gasteiger partial charge on any atom is 0.420 e. The Labute approximate surface area is 199 Å². The molecule has 0 heterocycles. The molecule has 1 N–H and O–H groups in total. The Kier molecular flexibility index (Phi) is 9.66. The lowest BCUT2D eigenvalue weighted by molar-refractivity contribution is -0.141. The summed E-state index contributed by atoms with van der Waals surface area (Å²) < 4.78 is 20.7. The van der Waals surface area contributed by atoms with Gasteiger partial charge in [0, 0.05) is 5.57 Å². The molecule has 2 amide bonds. The first kappa shape index (κ1) is 28.5. The minimum atomic E-state index is -1.23. The van der Waals surface area contributed by atoms with E-state index in [-0.39, 0.29) is 12.1 Å². The van der Waals surface area contributed by atoms with Crippen LogP contribution in [0, 0.1) is 0 Å². The number of hydrogen-bond acceptors (Lipinski definition) is 8. The maximum absolute atomic E-state index is 12.9. The topological polar surface area (TPSA) is 129 Å². The number of imide groups is 1. The highest BCUT2D eigenvalue weighted by Crippen LogP contribution is 2.25. The van der Waals surface area contributed by atoms with Crippen LogP contribution in [0.2, 0.25) is 0 Å². The molecule has 1 aromatic rings. The Bertz CT molecular complexity index is 924. The van der Waals surface area contributed by atoms with Gasteiger partial charge in [-0.25, -0.2) is 19.3 Å². The van der Waals surface area contributed by atoms with Gasteiger partial charge in [-0.15, -0.1) is 0 Å². The number of aliphatic carboxylic acids is 1. The highest BCUT2D eigenvalue weighted by atomic mass is 16.6. The number of ether oxygens (including phenoxy) is 4. The zero-order chi connectivity index (χ0) is 26.3. The summed E-state index contributed by atoms with van der Waals surface area (Å²) >= 11 is 0. The largest absolute Gasteiger partial charge is 0.497 e. The predicted molar refractivity (Wildman–Crippen MR) is 123 cm³/mol. The number of carbonyl (C=O) groups is 4. The molecule has 188 valence electrons. The van der Waals surface area contributed by atoms with E-state index < -0.39 is 41.7 Å². The third-order valence-electron chi connectivity index (χ3n) is 4.03. The van der Waals surface area contributed by atoms with Gasteiger partial charge in [-0.1, -0.05) is 6.07 Å². The van der Waals surface area contributed by atoms with Gasteiger partial charge in [0.25, 0.3) is 0 Å². The Morgan fingerprint density at radius 2 is 1.47 bits per heavy atom. The molecule has 0 aliphatic heterocycles. The summed E-state index contributed by atoms with van der Waals surface area (Å²) in [4.78, 5) is 49.9. The van der Waals surface area contributed by atoms with Gasteiger partial charge in [-0.2, -0.15) is 0 Å². The number of nitrogens with zero attached hydrogens (tertiary/aromatic N) is 1. The molecule has 0 aliphatic carbocycles. The summed E-state index contributed by atoms with van der Waals surface area (Å²) in [5.74, 6) is -1.63. The van der Waals surface area contributed by atoms with Gasteiger partial charge in [0.05, 0.1) is 27.2 Å². The Morgan fingerprint density at radius 1 is 0.941 bits per heavy atom. The molecule has 0 unspecified atom stereocenters. The molecule has 10 heteroatoms. The molecule has 0 bridgehead atoms. The molecule has 1 rings (SSSR count). The number of benzene rings is 1. The Balaban J connectivity index is 3.56. The van der Waals surface area contributed by atoms with E-state index in [9.17, 15) is 19.2 Å². The predicted octanol–water partition coefficient (Wildman–Crippen LogP) is 4.40. The Hall–Kier alpha value is -3.56. The summed E-state index contributed by atoms with van der Waals surface area (Å²) in [7, 11) is 2.58. The van der Waals surface area contributed by atoms with Crippen molar-refractivity contribution in [1.82, 2.24) is 4.90 Å². The number of hydrogen-bond donors (Lipinski definition) is 1. The Morgan fingerprint density at radius 3 is 1.88 bits per heavy atom. The molecule has 0 atom stereocenters. The van der Waals surface area contributed by atoms with Gasteiger partial charge >= 0.3 is 24.1 Å². The van der Waals surface area contributed by atoms with Gasteiger partial charge in [0.2, 0.25) is 0 Å². The van der Waals surface area contributed by atoms with Crippen LogP contribution in [-0.2, 0) is 30.3 Å². The van der Waals surface area contributed by atoms with Crippen LogP contribution in [-0.4, -0.2) is 59.6 Å². The van der Waals surface area contributed by atoms with E-state index in [4.69, 9.17) is 19.3 Å². The van der Waals surface area contributed by atoms with E-state index >= 15 is 0 Å². The molecule has 0 radical (unpaired) electrons. The summed E-state index contributed by atoms with van der Waals surface area (Å²) in [5, 5.41) is 9.17. The van der Waals surface area contributed by atoms with Crippen molar-refractivity contribution in [3.8, 4) is 5.75 Å². The van der Waals surface area contributed by atoms with E-state index in [1.54, 1.807) is 59.7 Å². The van der Waals surface area contributed by atoms with E-state index in [1.807, 2.05) is 0 Å². The average molecular weight is 480 g/mol. The number of carboxylic acid groups (broad SMARTS) is 1. The van der Waals surface area contributed by atoms with Crippen molar-refractivity contribution < 1.29 is 43.2 Å². The molecule has 0 fully saturated rings. The summed E-state index contributed by atoms with van der Waals surface area (Å²) in [5.41, 5.74) is -1.13. The number of amides is 2. The minimum Gasteiger partial charge on any atom is -0.497 e. The SMILES string of the molecule is COC(=O)/C(=C/c1ccc(OC)cc1CN(C(=O)OC(C)(C)C)C(=O)OC(C)(C)C)CC(=O)O. The number of carbonyl (C=O) groups excluding carboxylic acids is 3. The quantitative estimate of drug-likeness (QED) is 0.344. The smallest absolute Gasteiger partial charge is 0.420 e. The second-order valence-corrected chi connectivity index (χ2v) is 9.34. The second kappa shape index (κ2) is 11.5. The highest BCUT2D eigenvalue weighted by Gasteiger charge is 2.32. The number of methoxy groups -OCH3 is 2. The molecule has 1 aromatic carbocycles. The molecule has 0 aromatic heterocycles. The zero-order valence-corrected chi connectivity index (χ0v) is 20.9. The van der Waals surface area contributed by atoms with E-state index in [0.29, 0.717) is 16.9 Å². The third kappa shape index (κ3) is 9.51. The summed E-state index contributed by atoms with van der Waals surface area (Å²) in [6, 6.07) is 4.72. The van der Waals surface area contributed by atoms with Crippen LogP contribution in [0.5, 0.6) is 5.75 Å². The first-order valence-corrected chi connectivity index (χ1v) is 10.5. The lowest BCUT2D eigenvalue weighted by Gasteiger charge is -2.29. The minimum absolute atomic E-state index is 0.123. The van der Waals surface area contributed by atoms with Crippen molar-refractivity contribution in [2.24, 2.45) is 0 Å². The lowest BCUT2D eigenvalue weighted by Crippen LogP contribution is -2.43. The monoisotopic (exact) mass is 479 g/mol. The average Bonchev–Trinajstić information content (AvgIpc) is 2.68. The molecule has 0 saturated heterocycles. The maximum atomic E-state index is 12.9. The van der Waals surface area contributed by atoms with E-state index in [0.717, 1.165) is 12.0 Å². The first-order chi connectivity index (χ1) is 15.6. The normalized spacial score (nSPS) is 11.9. The van der Waals surface area contributed by atoms with Crippen LogP contribution in [0.15, 0.2) is 23.8 Å². The molecular weight excluding hydrogens is 446 g/mol. The standard InChI is InChI=1S/C24H33NO9/c1-23(2,3)33-21(29)25(22(30)34-24(4,5)6)14-17-12-18(31-7)10-9-15(17)11-16(13-19(26)27)20(28)32-8/h9-12H,13-14H2,1-8H3,(H,26,27)/b16-11+. The van der Waals surface area contributed by atoms with Crippen molar-refractivity contribution >= 4 is 30.2 Å². The zero-order valence-electron chi connectivity index (χ0n) is 20.9. The fraction of sp³-hybridized carbons (Fsp3) is 0.500. The lowest BCUT2D eigenvalue weighted by atomic mass is 10.0. The van der Waals surface area contributed by atoms with Crippen LogP contribution in [0.4, 0.5) is 9.59 Å². The van der Waals surface area contributed by atoms with Crippen molar-refractivity contribution in [2.75, 3.05) is 14.2 Å². The van der Waals surface area contributed by atoms with Crippen LogP contribution < -0.4 is 4.74 Å². The fourth-order valence-electron chi connectivity index (χ4n) is 2.66. The number of esters is 1. The van der Waals surface area contributed by atoms with E-state index in [1.165, 1.54) is 13.2 Å². The van der Waals surface area contributed by atoms with Gasteiger partial charge in [0.15, 0.2) is 0 Å². The van der Waals surface area contributed by atoms with Gasteiger partial charge in [-0.3, -0.25) is 4.79 Å². The van der Waals surface area contributed by atoms with Crippen LogP contribution in [0.3, 0.4) is 0 Å². The number of rotatable bonds is 7. The fourth-order valence-corrected chi connectivity index (χ4v) is 2.66. The van der Waals surface area contributed by atoms with Gasteiger partial charge in [0.1, 0.15) is 17.0 Å². The molecule has 0 aliphatic rings. The number of carboxylic acids is 1. The molecule has 0 saturated carbocycles. The molecular formula is C24H33NO9. The molecule has 34 heavy (non-hydrogen) atoms. The molecule has 10 nitrogen and oxygen atoms in total. The van der Waals surface area contributed by atoms with Crippen molar-refractivity contribution in [3.05, 3.63) is 34.9 Å². The van der Waals surface area contributed by atoms with Crippen molar-refractivity contribution in [1.29, 1.82) is 0 Å². The first-order valence-electron chi connectivity index (χ1n) is 10.5. The van der Waals surface area contributed by atoms with Crippen molar-refractivity contribution in [3.63, 3.8) is 0 Å². The third-order valence-corrected chi connectivity index (χ3v) is 4.03. The van der Waals surface area contributed by atoms with Crippen LogP contribution in [0.1, 0.15) is 59.1 Å². The second-order valence-electron chi connectivity index (χ2n) is 9.34. The van der Waals surface area contributed by atoms with Gasteiger partial charge < -0.3 is 24.1 Å². The van der Waals surface area contributed by atoms with Crippen LogP contribution >= 0.6 is 0 Å². The van der Waals surface area contributed by atoms with Crippen LogP contribution in [0.25, 0.3) is 6.08 Å².